The Bertz CT molecular complexity index is 462. The summed E-state index contributed by atoms with van der Waals surface area (Å²) < 4.78 is 0. The predicted octanol–water partition coefficient (Wildman–Crippen LogP) is 2.53. The number of nitriles is 1. The van der Waals surface area contributed by atoms with Crippen molar-refractivity contribution in [3.05, 3.63) is 24.0 Å². The van der Waals surface area contributed by atoms with E-state index in [4.69, 9.17) is 5.26 Å². The largest absolute Gasteiger partial charge is 0.384 e. The first-order chi connectivity index (χ1) is 9.58. The van der Waals surface area contributed by atoms with Crippen LogP contribution < -0.4 is 5.32 Å². The molecule has 0 aliphatic carbocycles. The number of carbonyl (C=O) groups excluding carboxylic acids is 1. The Morgan fingerprint density at radius 2 is 2.25 bits per heavy atom. The Morgan fingerprint density at radius 3 is 2.75 bits per heavy atom. The van der Waals surface area contributed by atoms with Gasteiger partial charge in [-0.15, -0.1) is 0 Å². The van der Waals surface area contributed by atoms with E-state index in [9.17, 15) is 4.79 Å². The molecular weight excluding hydrogens is 252 g/mol. The summed E-state index contributed by atoms with van der Waals surface area (Å²) in [6.45, 7) is 8.01. The number of amides is 1. The molecule has 0 aliphatic heterocycles. The summed E-state index contributed by atoms with van der Waals surface area (Å²) >= 11 is 0. The molecule has 1 rings (SSSR count). The molecule has 1 aromatic heterocycles. The fourth-order valence-corrected chi connectivity index (χ4v) is 1.89. The Balaban J connectivity index is 2.79. The van der Waals surface area contributed by atoms with Gasteiger partial charge in [0.1, 0.15) is 5.69 Å². The molecule has 5 nitrogen and oxygen atoms in total. The first-order valence-corrected chi connectivity index (χ1v) is 6.94. The van der Waals surface area contributed by atoms with Gasteiger partial charge in [0.15, 0.2) is 0 Å². The second kappa shape index (κ2) is 8.16. The van der Waals surface area contributed by atoms with Gasteiger partial charge in [0.2, 0.25) is 0 Å². The lowest BCUT2D eigenvalue weighted by Gasteiger charge is -2.23. The van der Waals surface area contributed by atoms with Crippen molar-refractivity contribution in [2.45, 2.75) is 27.2 Å². The second-order valence-corrected chi connectivity index (χ2v) is 5.02. The maximum absolute atomic E-state index is 12.4. The van der Waals surface area contributed by atoms with E-state index < -0.39 is 0 Å². The van der Waals surface area contributed by atoms with Gasteiger partial charge < -0.3 is 10.2 Å². The predicted molar refractivity (Wildman–Crippen MR) is 79.4 cm³/mol. The molecule has 0 bridgehead atoms. The zero-order valence-corrected chi connectivity index (χ0v) is 12.4. The number of nitrogens with zero attached hydrogens (tertiary/aromatic N) is 3. The quantitative estimate of drug-likeness (QED) is 0.829. The molecule has 1 heterocycles. The number of carbonyl (C=O) groups is 1. The zero-order valence-electron chi connectivity index (χ0n) is 12.4. The third-order valence-corrected chi connectivity index (χ3v) is 2.73. The van der Waals surface area contributed by atoms with Crippen molar-refractivity contribution in [2.75, 3.05) is 25.0 Å². The van der Waals surface area contributed by atoms with Crippen molar-refractivity contribution in [1.29, 1.82) is 5.26 Å². The van der Waals surface area contributed by atoms with Crippen LogP contribution in [0.4, 0.5) is 5.69 Å². The van der Waals surface area contributed by atoms with Crippen LogP contribution in [0, 0.1) is 17.2 Å². The van der Waals surface area contributed by atoms with Gasteiger partial charge in [-0.25, -0.2) is 4.98 Å². The van der Waals surface area contributed by atoms with E-state index in [1.54, 1.807) is 17.2 Å². The Kier molecular flexibility index (Phi) is 6.51. The maximum atomic E-state index is 12.4. The van der Waals surface area contributed by atoms with Crippen molar-refractivity contribution in [3.8, 4) is 6.07 Å². The molecular formula is C15H22N4O. The average Bonchev–Trinajstić information content (AvgIpc) is 2.43. The lowest BCUT2D eigenvalue weighted by Crippen LogP contribution is -2.35. The van der Waals surface area contributed by atoms with E-state index in [0.29, 0.717) is 31.1 Å². The van der Waals surface area contributed by atoms with Crippen molar-refractivity contribution in [2.24, 2.45) is 5.92 Å². The molecule has 0 spiro atoms. The van der Waals surface area contributed by atoms with Gasteiger partial charge in [-0.1, -0.05) is 13.8 Å². The van der Waals surface area contributed by atoms with E-state index in [1.807, 2.05) is 26.8 Å². The molecule has 1 amide bonds. The molecule has 0 fully saturated rings. The summed E-state index contributed by atoms with van der Waals surface area (Å²) in [4.78, 5) is 18.3. The molecule has 1 aromatic rings. The second-order valence-electron chi connectivity index (χ2n) is 5.02. The normalized spacial score (nSPS) is 10.2. The molecule has 20 heavy (non-hydrogen) atoms. The van der Waals surface area contributed by atoms with Crippen LogP contribution in [0.3, 0.4) is 0 Å². The van der Waals surface area contributed by atoms with Crippen LogP contribution >= 0.6 is 0 Å². The SMILES string of the molecule is CCNc1ccc(C(=O)N(CCC#N)CC(C)C)nc1. The van der Waals surface area contributed by atoms with E-state index in [1.165, 1.54) is 0 Å². The first kappa shape index (κ1) is 16.0. The number of hydrogen-bond donors (Lipinski definition) is 1. The summed E-state index contributed by atoms with van der Waals surface area (Å²) in [5, 5.41) is 11.8. The van der Waals surface area contributed by atoms with Crippen LogP contribution in [0.5, 0.6) is 0 Å². The lowest BCUT2D eigenvalue weighted by atomic mass is 10.2. The fraction of sp³-hybridized carbons (Fsp3) is 0.533. The van der Waals surface area contributed by atoms with Crippen LogP contribution in [-0.2, 0) is 0 Å². The minimum Gasteiger partial charge on any atom is -0.384 e. The number of aromatic nitrogens is 1. The number of rotatable bonds is 7. The molecule has 0 radical (unpaired) electrons. The van der Waals surface area contributed by atoms with Crippen LogP contribution in [-0.4, -0.2) is 35.4 Å². The fourth-order valence-electron chi connectivity index (χ4n) is 1.89. The molecule has 0 unspecified atom stereocenters. The molecule has 0 saturated carbocycles. The van der Waals surface area contributed by atoms with Crippen LogP contribution in [0.2, 0.25) is 0 Å². The van der Waals surface area contributed by atoms with E-state index >= 15 is 0 Å². The van der Waals surface area contributed by atoms with Gasteiger partial charge in [0.05, 0.1) is 24.4 Å². The molecule has 1 N–H and O–H groups in total. The summed E-state index contributed by atoms with van der Waals surface area (Å²) in [6, 6.07) is 5.65. The summed E-state index contributed by atoms with van der Waals surface area (Å²) in [7, 11) is 0. The standard InChI is InChI=1S/C15H22N4O/c1-4-17-13-6-7-14(18-10-13)15(20)19(9-5-8-16)11-12(2)3/h6-7,10,12,17H,4-5,9,11H2,1-3H3. The highest BCUT2D eigenvalue weighted by molar-refractivity contribution is 5.92. The van der Waals surface area contributed by atoms with Crippen molar-refractivity contribution in [3.63, 3.8) is 0 Å². The van der Waals surface area contributed by atoms with Crippen molar-refractivity contribution >= 4 is 11.6 Å². The number of pyridine rings is 1. The highest BCUT2D eigenvalue weighted by Gasteiger charge is 2.17. The third-order valence-electron chi connectivity index (χ3n) is 2.73. The van der Waals surface area contributed by atoms with Gasteiger partial charge in [-0.3, -0.25) is 4.79 Å². The minimum atomic E-state index is -0.114. The number of nitrogens with one attached hydrogen (secondary N) is 1. The monoisotopic (exact) mass is 274 g/mol. The molecule has 5 heteroatoms. The van der Waals surface area contributed by atoms with Crippen LogP contribution in [0.15, 0.2) is 18.3 Å². The maximum Gasteiger partial charge on any atom is 0.272 e. The smallest absolute Gasteiger partial charge is 0.272 e. The lowest BCUT2D eigenvalue weighted by molar-refractivity contribution is 0.0734. The highest BCUT2D eigenvalue weighted by atomic mass is 16.2. The minimum absolute atomic E-state index is 0.114. The number of anilines is 1. The summed E-state index contributed by atoms with van der Waals surface area (Å²) in [5.74, 6) is 0.246. The zero-order chi connectivity index (χ0) is 15.0. The number of hydrogen-bond acceptors (Lipinski definition) is 4. The van der Waals surface area contributed by atoms with Crippen molar-refractivity contribution < 1.29 is 4.79 Å². The highest BCUT2D eigenvalue weighted by Crippen LogP contribution is 2.10. The topological polar surface area (TPSA) is 69.0 Å². The van der Waals surface area contributed by atoms with Crippen LogP contribution in [0.1, 0.15) is 37.7 Å². The van der Waals surface area contributed by atoms with Gasteiger partial charge in [0.25, 0.3) is 5.91 Å². The molecule has 0 saturated heterocycles. The van der Waals surface area contributed by atoms with Gasteiger partial charge in [-0.2, -0.15) is 5.26 Å². The van der Waals surface area contributed by atoms with Gasteiger partial charge >= 0.3 is 0 Å². The van der Waals surface area contributed by atoms with Gasteiger partial charge in [0, 0.05) is 19.6 Å². The molecule has 0 aliphatic rings. The Labute approximate surface area is 120 Å². The van der Waals surface area contributed by atoms with E-state index in [2.05, 4.69) is 16.4 Å². The third kappa shape index (κ3) is 4.88. The van der Waals surface area contributed by atoms with Gasteiger partial charge in [-0.05, 0) is 25.0 Å². The molecule has 0 atom stereocenters. The summed E-state index contributed by atoms with van der Waals surface area (Å²) in [6.07, 6.45) is 2.00. The van der Waals surface area contributed by atoms with Crippen LogP contribution in [0.25, 0.3) is 0 Å². The average molecular weight is 274 g/mol. The summed E-state index contributed by atoms with van der Waals surface area (Å²) in [5.41, 5.74) is 1.32. The van der Waals surface area contributed by atoms with E-state index in [0.717, 1.165) is 12.2 Å². The van der Waals surface area contributed by atoms with E-state index in [-0.39, 0.29) is 5.91 Å². The molecule has 0 aromatic carbocycles. The Morgan fingerprint density at radius 1 is 1.50 bits per heavy atom. The molecule has 108 valence electrons. The Hall–Kier alpha value is -2.09. The first-order valence-electron chi connectivity index (χ1n) is 6.94. The van der Waals surface area contributed by atoms with Crippen molar-refractivity contribution in [1.82, 2.24) is 9.88 Å².